The molecule has 0 fully saturated rings. The Morgan fingerprint density at radius 2 is 1.68 bits per heavy atom. The molecule has 9 heteroatoms. The largest absolute Gasteiger partial charge is 0.504 e. The van der Waals surface area contributed by atoms with Gasteiger partial charge in [-0.1, -0.05) is 0 Å². The van der Waals surface area contributed by atoms with Crippen LogP contribution in [0.25, 0.3) is 33.1 Å². The SMILES string of the molecule is O=COc1[nH]ccc1Cc1cc2c(-c3cc4cc(O)c(O)cc4[nH]3)c(O)c(O)cc2[nH]1. The first-order valence-electron chi connectivity index (χ1n) is 9.32. The van der Waals surface area contributed by atoms with Gasteiger partial charge in [0.15, 0.2) is 23.0 Å². The van der Waals surface area contributed by atoms with Gasteiger partial charge in [0.1, 0.15) is 0 Å². The maximum absolute atomic E-state index is 10.7. The van der Waals surface area contributed by atoms with E-state index in [1.54, 1.807) is 18.3 Å². The van der Waals surface area contributed by atoms with Crippen molar-refractivity contribution < 1.29 is 30.0 Å². The number of aromatic nitrogens is 3. The fraction of sp³-hybridized carbons (Fsp3) is 0.0455. The van der Waals surface area contributed by atoms with Crippen LogP contribution in [-0.2, 0) is 11.2 Å². The highest BCUT2D eigenvalue weighted by molar-refractivity contribution is 6.02. The van der Waals surface area contributed by atoms with Gasteiger partial charge in [0.2, 0.25) is 5.88 Å². The first kappa shape index (κ1) is 18.5. The summed E-state index contributed by atoms with van der Waals surface area (Å²) in [6, 6.07) is 9.55. The van der Waals surface area contributed by atoms with E-state index in [-0.39, 0.29) is 23.0 Å². The molecule has 5 rings (SSSR count). The van der Waals surface area contributed by atoms with Gasteiger partial charge in [-0.05, 0) is 24.3 Å². The highest BCUT2D eigenvalue weighted by atomic mass is 16.5. The molecule has 2 aromatic carbocycles. The molecular formula is C22H17N3O6. The Morgan fingerprint density at radius 3 is 2.48 bits per heavy atom. The number of ether oxygens (including phenoxy) is 1. The Bertz CT molecular complexity index is 1420. The average Bonchev–Trinajstić information content (AvgIpc) is 3.43. The number of hydrogen-bond donors (Lipinski definition) is 7. The fourth-order valence-electron chi connectivity index (χ4n) is 3.86. The van der Waals surface area contributed by atoms with Crippen LogP contribution >= 0.6 is 0 Å². The monoisotopic (exact) mass is 419 g/mol. The Morgan fingerprint density at radius 1 is 0.903 bits per heavy atom. The van der Waals surface area contributed by atoms with E-state index in [4.69, 9.17) is 4.74 Å². The minimum absolute atomic E-state index is 0.257. The van der Waals surface area contributed by atoms with Crippen LogP contribution in [0.1, 0.15) is 11.3 Å². The lowest BCUT2D eigenvalue weighted by molar-refractivity contribution is -0.120. The number of phenolic OH excluding ortho intramolecular Hbond substituents is 4. The molecule has 3 heterocycles. The summed E-state index contributed by atoms with van der Waals surface area (Å²) in [6.07, 6.45) is 2.08. The molecular weight excluding hydrogens is 402 g/mol. The van der Waals surface area contributed by atoms with Crippen molar-refractivity contribution in [1.29, 1.82) is 0 Å². The van der Waals surface area contributed by atoms with E-state index in [9.17, 15) is 25.2 Å². The number of carbonyl (C=O) groups excluding carboxylic acids is 1. The van der Waals surface area contributed by atoms with Crippen LogP contribution < -0.4 is 4.74 Å². The molecule has 0 aliphatic heterocycles. The number of nitrogens with one attached hydrogen (secondary N) is 3. The molecule has 0 radical (unpaired) electrons. The van der Waals surface area contributed by atoms with E-state index in [1.807, 2.05) is 6.07 Å². The Hall–Kier alpha value is -4.53. The molecule has 0 aliphatic rings. The van der Waals surface area contributed by atoms with Gasteiger partial charge in [0.25, 0.3) is 6.47 Å². The topological polar surface area (TPSA) is 155 Å². The van der Waals surface area contributed by atoms with Gasteiger partial charge < -0.3 is 40.1 Å². The molecule has 7 N–H and O–H groups in total. The average molecular weight is 419 g/mol. The highest BCUT2D eigenvalue weighted by Crippen LogP contribution is 2.44. The molecule has 5 aromatic rings. The van der Waals surface area contributed by atoms with Crippen LogP contribution in [0.3, 0.4) is 0 Å². The second-order valence-corrected chi connectivity index (χ2v) is 7.21. The molecule has 0 unspecified atom stereocenters. The maximum Gasteiger partial charge on any atom is 0.299 e. The van der Waals surface area contributed by atoms with E-state index in [2.05, 4.69) is 15.0 Å². The number of carbonyl (C=O) groups is 1. The number of benzene rings is 2. The summed E-state index contributed by atoms with van der Waals surface area (Å²) in [5.41, 5.74) is 3.54. The summed E-state index contributed by atoms with van der Waals surface area (Å²) >= 11 is 0. The fourth-order valence-corrected chi connectivity index (χ4v) is 3.86. The van der Waals surface area contributed by atoms with Gasteiger partial charge in [-0.3, -0.25) is 4.79 Å². The Kier molecular flexibility index (Phi) is 4.04. The standard InChI is InChI=1S/C22H17N3O6/c26-9-31-22-10(1-2-23-22)3-12-6-13-15(24-12)8-19(29)21(30)20(13)16-4-11-5-17(27)18(28)7-14(11)25-16/h1-2,4-9,23-25,27-30H,3H2. The number of aromatic hydroxyl groups is 4. The molecule has 0 saturated heterocycles. The predicted octanol–water partition coefficient (Wildman–Crippen LogP) is 3.59. The lowest BCUT2D eigenvalue weighted by atomic mass is 10.0. The number of rotatable bonds is 5. The van der Waals surface area contributed by atoms with Crippen molar-refractivity contribution in [2.24, 2.45) is 0 Å². The zero-order chi connectivity index (χ0) is 21.7. The summed E-state index contributed by atoms with van der Waals surface area (Å²) in [4.78, 5) is 19.8. The molecule has 0 atom stereocenters. The third-order valence-electron chi connectivity index (χ3n) is 5.26. The molecule has 0 spiro atoms. The quantitative estimate of drug-likeness (QED) is 0.171. The predicted molar refractivity (Wildman–Crippen MR) is 113 cm³/mol. The number of hydrogen-bond acceptors (Lipinski definition) is 6. The van der Waals surface area contributed by atoms with Crippen molar-refractivity contribution in [3.05, 3.63) is 53.9 Å². The van der Waals surface area contributed by atoms with Crippen LogP contribution in [0, 0.1) is 0 Å². The molecule has 0 bridgehead atoms. The number of fused-ring (bicyclic) bond motifs is 2. The zero-order valence-electron chi connectivity index (χ0n) is 15.9. The summed E-state index contributed by atoms with van der Waals surface area (Å²) in [5.74, 6) is -0.784. The van der Waals surface area contributed by atoms with E-state index in [0.29, 0.717) is 51.8 Å². The van der Waals surface area contributed by atoms with E-state index < -0.39 is 0 Å². The second kappa shape index (κ2) is 6.77. The number of phenols is 4. The normalized spacial score (nSPS) is 11.4. The molecule has 9 nitrogen and oxygen atoms in total. The van der Waals surface area contributed by atoms with Crippen molar-refractivity contribution in [2.75, 3.05) is 0 Å². The summed E-state index contributed by atoms with van der Waals surface area (Å²) in [5, 5.41) is 41.7. The van der Waals surface area contributed by atoms with Crippen molar-refractivity contribution in [1.82, 2.24) is 15.0 Å². The van der Waals surface area contributed by atoms with Crippen LogP contribution in [0.4, 0.5) is 0 Å². The maximum atomic E-state index is 10.7. The first-order chi connectivity index (χ1) is 14.9. The van der Waals surface area contributed by atoms with E-state index in [0.717, 1.165) is 11.3 Å². The molecule has 0 amide bonds. The van der Waals surface area contributed by atoms with E-state index >= 15 is 0 Å². The van der Waals surface area contributed by atoms with Gasteiger partial charge in [0.05, 0.1) is 16.8 Å². The van der Waals surface area contributed by atoms with Gasteiger partial charge in [-0.2, -0.15) is 0 Å². The van der Waals surface area contributed by atoms with Crippen molar-refractivity contribution >= 4 is 28.3 Å². The van der Waals surface area contributed by atoms with Crippen LogP contribution in [0.15, 0.2) is 42.6 Å². The summed E-state index contributed by atoms with van der Waals surface area (Å²) < 4.78 is 4.93. The summed E-state index contributed by atoms with van der Waals surface area (Å²) in [7, 11) is 0. The lowest BCUT2D eigenvalue weighted by Crippen LogP contribution is -1.94. The Labute approximate surface area is 174 Å². The molecule has 31 heavy (non-hydrogen) atoms. The summed E-state index contributed by atoms with van der Waals surface area (Å²) in [6.45, 7) is 0.347. The molecule has 0 aliphatic carbocycles. The minimum atomic E-state index is -0.301. The number of aromatic amines is 3. The van der Waals surface area contributed by atoms with Gasteiger partial charge in [0, 0.05) is 52.3 Å². The third-order valence-corrected chi connectivity index (χ3v) is 5.26. The smallest absolute Gasteiger partial charge is 0.299 e. The van der Waals surface area contributed by atoms with Crippen LogP contribution in [0.5, 0.6) is 28.9 Å². The lowest BCUT2D eigenvalue weighted by Gasteiger charge is -2.06. The molecule has 3 aromatic heterocycles. The van der Waals surface area contributed by atoms with Gasteiger partial charge in [-0.15, -0.1) is 0 Å². The zero-order valence-corrected chi connectivity index (χ0v) is 15.9. The molecule has 0 saturated carbocycles. The van der Waals surface area contributed by atoms with Crippen molar-refractivity contribution in [3.8, 4) is 40.1 Å². The van der Waals surface area contributed by atoms with Crippen molar-refractivity contribution in [3.63, 3.8) is 0 Å². The molecule has 156 valence electrons. The first-order valence-corrected chi connectivity index (χ1v) is 9.32. The third kappa shape index (κ3) is 2.99. The Balaban J connectivity index is 1.65. The van der Waals surface area contributed by atoms with Gasteiger partial charge in [-0.25, -0.2) is 0 Å². The minimum Gasteiger partial charge on any atom is -0.504 e. The van der Waals surface area contributed by atoms with Crippen LogP contribution in [-0.4, -0.2) is 41.9 Å². The highest BCUT2D eigenvalue weighted by Gasteiger charge is 2.19. The van der Waals surface area contributed by atoms with E-state index in [1.165, 1.54) is 18.2 Å². The van der Waals surface area contributed by atoms with Crippen LogP contribution in [0.2, 0.25) is 0 Å². The van der Waals surface area contributed by atoms with Crippen molar-refractivity contribution in [2.45, 2.75) is 6.42 Å². The second-order valence-electron chi connectivity index (χ2n) is 7.21. The number of H-pyrrole nitrogens is 3. The van der Waals surface area contributed by atoms with Gasteiger partial charge >= 0.3 is 0 Å².